The van der Waals surface area contributed by atoms with Gasteiger partial charge < -0.3 is 5.32 Å². The van der Waals surface area contributed by atoms with Crippen molar-refractivity contribution in [1.82, 2.24) is 0 Å². The first kappa shape index (κ1) is 20.8. The third-order valence-corrected chi connectivity index (χ3v) is 6.20. The van der Waals surface area contributed by atoms with E-state index >= 15 is 0 Å². The molecule has 0 aliphatic heterocycles. The minimum absolute atomic E-state index is 0.0500. The molecule has 0 spiro atoms. The summed E-state index contributed by atoms with van der Waals surface area (Å²) in [6, 6.07) is 17.9. The van der Waals surface area contributed by atoms with E-state index in [9.17, 15) is 17.6 Å². The summed E-state index contributed by atoms with van der Waals surface area (Å²) in [6.07, 6.45) is 0. The average molecular weight is 433 g/mol. The van der Waals surface area contributed by atoms with E-state index in [0.29, 0.717) is 22.0 Å². The van der Waals surface area contributed by atoms with Crippen LogP contribution in [0, 0.1) is 12.7 Å². The molecule has 0 aromatic heterocycles. The fourth-order valence-electron chi connectivity index (χ4n) is 2.73. The maximum absolute atomic E-state index is 13.3. The summed E-state index contributed by atoms with van der Waals surface area (Å²) in [5.41, 5.74) is 1.30. The minimum atomic E-state index is -4.03. The lowest BCUT2D eigenvalue weighted by Crippen LogP contribution is -2.38. The zero-order chi connectivity index (χ0) is 21.0. The standard InChI is InChI=1S/C21H18ClFN2O3S/c1-15-7-8-16(22)13-20(15)25(29(27,28)19-5-3-2-4-6-19)14-21(26)24-18-11-9-17(23)10-12-18/h2-13H,14H2,1H3,(H,24,26). The van der Waals surface area contributed by atoms with Gasteiger partial charge in [-0.3, -0.25) is 9.10 Å². The lowest BCUT2D eigenvalue weighted by atomic mass is 10.2. The predicted molar refractivity (Wildman–Crippen MR) is 112 cm³/mol. The predicted octanol–water partition coefficient (Wildman–Crippen LogP) is 4.62. The Kier molecular flexibility index (Phi) is 6.20. The van der Waals surface area contributed by atoms with Crippen molar-refractivity contribution in [3.63, 3.8) is 0 Å². The van der Waals surface area contributed by atoms with Crippen LogP contribution in [0.3, 0.4) is 0 Å². The van der Waals surface area contributed by atoms with Crippen LogP contribution in [0.5, 0.6) is 0 Å². The second kappa shape index (κ2) is 8.63. The highest BCUT2D eigenvalue weighted by atomic mass is 35.5. The summed E-state index contributed by atoms with van der Waals surface area (Å²) in [4.78, 5) is 12.7. The summed E-state index contributed by atoms with van der Waals surface area (Å²) in [5.74, 6) is -1.01. The summed E-state index contributed by atoms with van der Waals surface area (Å²) in [7, 11) is -4.03. The Morgan fingerprint density at radius 2 is 1.69 bits per heavy atom. The molecule has 29 heavy (non-hydrogen) atoms. The van der Waals surface area contributed by atoms with Crippen molar-refractivity contribution in [2.24, 2.45) is 0 Å². The van der Waals surface area contributed by atoms with Gasteiger partial charge in [0.1, 0.15) is 12.4 Å². The average Bonchev–Trinajstić information content (AvgIpc) is 2.70. The molecule has 150 valence electrons. The monoisotopic (exact) mass is 432 g/mol. The first-order valence-electron chi connectivity index (χ1n) is 8.67. The van der Waals surface area contributed by atoms with Crippen LogP contribution < -0.4 is 9.62 Å². The zero-order valence-electron chi connectivity index (χ0n) is 15.5. The number of carbonyl (C=O) groups is 1. The normalized spacial score (nSPS) is 11.1. The van der Waals surface area contributed by atoms with E-state index in [-0.39, 0.29) is 4.90 Å². The van der Waals surface area contributed by atoms with Crippen LogP contribution in [0.2, 0.25) is 5.02 Å². The van der Waals surface area contributed by atoms with Crippen LogP contribution in [0.25, 0.3) is 0 Å². The van der Waals surface area contributed by atoms with Gasteiger partial charge in [-0.2, -0.15) is 0 Å². The van der Waals surface area contributed by atoms with E-state index in [1.807, 2.05) is 0 Å². The van der Waals surface area contributed by atoms with Crippen molar-refractivity contribution in [1.29, 1.82) is 0 Å². The van der Waals surface area contributed by atoms with Crippen molar-refractivity contribution >= 4 is 38.9 Å². The van der Waals surface area contributed by atoms with Gasteiger partial charge in [-0.1, -0.05) is 35.9 Å². The van der Waals surface area contributed by atoms with Crippen LogP contribution in [-0.4, -0.2) is 20.9 Å². The molecule has 0 heterocycles. The van der Waals surface area contributed by atoms with E-state index in [4.69, 9.17) is 11.6 Å². The highest BCUT2D eigenvalue weighted by molar-refractivity contribution is 7.92. The smallest absolute Gasteiger partial charge is 0.264 e. The molecule has 3 rings (SSSR count). The molecule has 0 aliphatic rings. The highest BCUT2D eigenvalue weighted by Crippen LogP contribution is 2.29. The number of sulfonamides is 1. The molecule has 3 aromatic carbocycles. The molecule has 0 radical (unpaired) electrons. The third kappa shape index (κ3) is 4.93. The Morgan fingerprint density at radius 3 is 2.34 bits per heavy atom. The lowest BCUT2D eigenvalue weighted by Gasteiger charge is -2.25. The van der Waals surface area contributed by atoms with Crippen molar-refractivity contribution in [3.05, 3.63) is 89.2 Å². The fourth-order valence-corrected chi connectivity index (χ4v) is 4.40. The van der Waals surface area contributed by atoms with Crippen LogP contribution >= 0.6 is 11.6 Å². The number of hydrogen-bond donors (Lipinski definition) is 1. The highest BCUT2D eigenvalue weighted by Gasteiger charge is 2.28. The minimum Gasteiger partial charge on any atom is -0.325 e. The van der Waals surface area contributed by atoms with E-state index in [1.54, 1.807) is 37.3 Å². The van der Waals surface area contributed by atoms with Gasteiger partial charge in [0.2, 0.25) is 5.91 Å². The van der Waals surface area contributed by atoms with Crippen LogP contribution in [0.1, 0.15) is 5.56 Å². The molecule has 0 atom stereocenters. The van der Waals surface area contributed by atoms with Crippen molar-refractivity contribution in [2.75, 3.05) is 16.2 Å². The van der Waals surface area contributed by atoms with Crippen molar-refractivity contribution < 1.29 is 17.6 Å². The Hall–Kier alpha value is -2.90. The molecule has 3 aromatic rings. The topological polar surface area (TPSA) is 66.5 Å². The number of aryl methyl sites for hydroxylation is 1. The number of anilines is 2. The van der Waals surface area contributed by atoms with Gasteiger partial charge in [0.15, 0.2) is 0 Å². The molecular weight excluding hydrogens is 415 g/mol. The van der Waals surface area contributed by atoms with Crippen LogP contribution in [0.15, 0.2) is 77.7 Å². The van der Waals surface area contributed by atoms with Gasteiger partial charge in [0.25, 0.3) is 10.0 Å². The Labute approximate surface area is 173 Å². The van der Waals surface area contributed by atoms with Crippen molar-refractivity contribution in [2.45, 2.75) is 11.8 Å². The number of amides is 1. The second-order valence-electron chi connectivity index (χ2n) is 6.31. The number of carbonyl (C=O) groups excluding carboxylic acids is 1. The maximum atomic E-state index is 13.3. The molecule has 1 N–H and O–H groups in total. The molecule has 0 saturated carbocycles. The third-order valence-electron chi connectivity index (χ3n) is 4.19. The SMILES string of the molecule is Cc1ccc(Cl)cc1N(CC(=O)Nc1ccc(F)cc1)S(=O)(=O)c1ccccc1. The number of halogens is 2. The molecular formula is C21H18ClFN2O3S. The summed E-state index contributed by atoms with van der Waals surface area (Å²) < 4.78 is 40.6. The number of hydrogen-bond acceptors (Lipinski definition) is 3. The molecule has 0 fully saturated rings. The second-order valence-corrected chi connectivity index (χ2v) is 8.61. The van der Waals surface area contributed by atoms with E-state index < -0.39 is 28.3 Å². The summed E-state index contributed by atoms with van der Waals surface area (Å²) in [6.45, 7) is 1.26. The number of rotatable bonds is 6. The lowest BCUT2D eigenvalue weighted by molar-refractivity contribution is -0.114. The van der Waals surface area contributed by atoms with Gasteiger partial charge >= 0.3 is 0 Å². The van der Waals surface area contributed by atoms with Gasteiger partial charge in [-0.25, -0.2) is 12.8 Å². The van der Waals surface area contributed by atoms with Gasteiger partial charge in [-0.15, -0.1) is 0 Å². The van der Waals surface area contributed by atoms with Crippen LogP contribution in [-0.2, 0) is 14.8 Å². The van der Waals surface area contributed by atoms with E-state index in [2.05, 4.69) is 5.32 Å². The molecule has 0 aliphatic carbocycles. The van der Waals surface area contributed by atoms with Gasteiger partial charge in [0, 0.05) is 10.7 Å². The Morgan fingerprint density at radius 1 is 1.03 bits per heavy atom. The molecule has 5 nitrogen and oxygen atoms in total. The molecule has 8 heteroatoms. The number of nitrogens with zero attached hydrogens (tertiary/aromatic N) is 1. The molecule has 1 amide bonds. The van der Waals surface area contributed by atoms with Crippen molar-refractivity contribution in [3.8, 4) is 0 Å². The molecule has 0 bridgehead atoms. The Bertz CT molecular complexity index is 1120. The first-order chi connectivity index (χ1) is 13.8. The van der Waals surface area contributed by atoms with E-state index in [0.717, 1.165) is 4.31 Å². The largest absolute Gasteiger partial charge is 0.325 e. The molecule has 0 saturated heterocycles. The quantitative estimate of drug-likeness (QED) is 0.618. The Balaban J connectivity index is 1.98. The maximum Gasteiger partial charge on any atom is 0.264 e. The van der Waals surface area contributed by atoms with Crippen LogP contribution in [0.4, 0.5) is 15.8 Å². The molecule has 0 unspecified atom stereocenters. The summed E-state index contributed by atoms with van der Waals surface area (Å²) >= 11 is 6.08. The number of benzene rings is 3. The zero-order valence-corrected chi connectivity index (χ0v) is 17.0. The summed E-state index contributed by atoms with van der Waals surface area (Å²) in [5, 5.41) is 2.93. The van der Waals surface area contributed by atoms with E-state index in [1.165, 1.54) is 42.5 Å². The van der Waals surface area contributed by atoms with Gasteiger partial charge in [0.05, 0.1) is 10.6 Å². The fraction of sp³-hybridized carbons (Fsp3) is 0.0952. The first-order valence-corrected chi connectivity index (χ1v) is 10.5. The number of nitrogens with one attached hydrogen (secondary N) is 1. The van der Waals surface area contributed by atoms with Gasteiger partial charge in [-0.05, 0) is 61.0 Å².